The molecule has 1 fully saturated rings. The fourth-order valence-electron chi connectivity index (χ4n) is 3.09. The van der Waals surface area contributed by atoms with Crippen molar-refractivity contribution in [2.24, 2.45) is 5.92 Å². The lowest BCUT2D eigenvalue weighted by molar-refractivity contribution is 0.358. The molecule has 0 radical (unpaired) electrons. The minimum atomic E-state index is 0.552. The maximum absolute atomic E-state index is 3.92. The van der Waals surface area contributed by atoms with E-state index in [0.29, 0.717) is 6.04 Å². The first-order valence-electron chi connectivity index (χ1n) is 7.62. The van der Waals surface area contributed by atoms with E-state index in [9.17, 15) is 0 Å². The summed E-state index contributed by atoms with van der Waals surface area (Å²) in [5.41, 5.74) is 1.46. The SMILES string of the molecule is CCCCC(NC1CCCC1C)c1ccccc1. The molecule has 0 aromatic heterocycles. The van der Waals surface area contributed by atoms with Crippen molar-refractivity contribution in [3.05, 3.63) is 35.9 Å². The van der Waals surface area contributed by atoms with E-state index in [4.69, 9.17) is 0 Å². The highest BCUT2D eigenvalue weighted by molar-refractivity contribution is 5.19. The molecule has 3 atom stereocenters. The molecule has 0 bridgehead atoms. The van der Waals surface area contributed by atoms with Gasteiger partial charge in [-0.15, -0.1) is 0 Å². The molecule has 0 spiro atoms. The van der Waals surface area contributed by atoms with Gasteiger partial charge in [0.25, 0.3) is 0 Å². The minimum absolute atomic E-state index is 0.552. The largest absolute Gasteiger partial charge is 0.307 e. The van der Waals surface area contributed by atoms with E-state index in [1.807, 2.05) is 0 Å². The van der Waals surface area contributed by atoms with Gasteiger partial charge in [-0.05, 0) is 30.7 Å². The molecule has 1 heteroatoms. The normalized spacial score (nSPS) is 25.2. The number of benzene rings is 1. The summed E-state index contributed by atoms with van der Waals surface area (Å²) in [6, 6.07) is 12.3. The number of hydrogen-bond acceptors (Lipinski definition) is 1. The van der Waals surface area contributed by atoms with E-state index in [0.717, 1.165) is 12.0 Å². The van der Waals surface area contributed by atoms with Crippen molar-refractivity contribution in [1.29, 1.82) is 0 Å². The molecule has 18 heavy (non-hydrogen) atoms. The Kier molecular flexibility index (Phi) is 5.25. The summed E-state index contributed by atoms with van der Waals surface area (Å²) in [5.74, 6) is 0.845. The van der Waals surface area contributed by atoms with Crippen molar-refractivity contribution in [3.8, 4) is 0 Å². The number of nitrogens with one attached hydrogen (secondary N) is 1. The zero-order valence-electron chi connectivity index (χ0n) is 11.9. The standard InChI is InChI=1S/C17H27N/c1-3-4-12-17(15-10-6-5-7-11-15)18-16-13-8-9-14(16)2/h5-7,10-11,14,16-18H,3-4,8-9,12-13H2,1-2H3. The summed E-state index contributed by atoms with van der Waals surface area (Å²) in [4.78, 5) is 0. The second-order valence-corrected chi connectivity index (χ2v) is 5.79. The lowest BCUT2D eigenvalue weighted by Gasteiger charge is -2.26. The molecule has 1 aliphatic rings. The molecule has 0 saturated heterocycles. The van der Waals surface area contributed by atoms with Crippen molar-refractivity contribution < 1.29 is 0 Å². The quantitative estimate of drug-likeness (QED) is 0.766. The maximum atomic E-state index is 3.92. The Hall–Kier alpha value is -0.820. The van der Waals surface area contributed by atoms with Gasteiger partial charge in [-0.2, -0.15) is 0 Å². The van der Waals surface area contributed by atoms with Crippen LogP contribution in [-0.4, -0.2) is 6.04 Å². The summed E-state index contributed by atoms with van der Waals surface area (Å²) in [5, 5.41) is 3.92. The molecule has 1 aliphatic carbocycles. The van der Waals surface area contributed by atoms with E-state index < -0.39 is 0 Å². The maximum Gasteiger partial charge on any atom is 0.0322 e. The fourth-order valence-corrected chi connectivity index (χ4v) is 3.09. The van der Waals surface area contributed by atoms with Crippen LogP contribution in [0.15, 0.2) is 30.3 Å². The first kappa shape index (κ1) is 13.6. The van der Waals surface area contributed by atoms with Crippen molar-refractivity contribution in [2.45, 2.75) is 64.5 Å². The molecular weight excluding hydrogens is 218 g/mol. The lowest BCUT2D eigenvalue weighted by atomic mass is 9.98. The molecule has 100 valence electrons. The molecule has 3 unspecified atom stereocenters. The Morgan fingerprint density at radius 2 is 2.00 bits per heavy atom. The van der Waals surface area contributed by atoms with Crippen LogP contribution in [0.1, 0.15) is 64.0 Å². The molecule has 1 saturated carbocycles. The van der Waals surface area contributed by atoms with Gasteiger partial charge in [-0.1, -0.05) is 63.4 Å². The van der Waals surface area contributed by atoms with Crippen molar-refractivity contribution in [1.82, 2.24) is 5.32 Å². The summed E-state index contributed by atoms with van der Waals surface area (Å²) in [6.07, 6.45) is 8.01. The van der Waals surface area contributed by atoms with Gasteiger partial charge in [-0.3, -0.25) is 0 Å². The number of rotatable bonds is 6. The topological polar surface area (TPSA) is 12.0 Å². The zero-order valence-corrected chi connectivity index (χ0v) is 11.9. The van der Waals surface area contributed by atoms with Crippen LogP contribution >= 0.6 is 0 Å². The van der Waals surface area contributed by atoms with Crippen molar-refractivity contribution in [3.63, 3.8) is 0 Å². The third-order valence-electron chi connectivity index (χ3n) is 4.33. The van der Waals surface area contributed by atoms with Gasteiger partial charge in [0.15, 0.2) is 0 Å². The highest BCUT2D eigenvalue weighted by Gasteiger charge is 2.25. The van der Waals surface area contributed by atoms with Crippen LogP contribution < -0.4 is 5.32 Å². The van der Waals surface area contributed by atoms with Crippen LogP contribution in [0.4, 0.5) is 0 Å². The van der Waals surface area contributed by atoms with Gasteiger partial charge in [0.2, 0.25) is 0 Å². The number of hydrogen-bond donors (Lipinski definition) is 1. The molecule has 1 aromatic carbocycles. The smallest absolute Gasteiger partial charge is 0.0322 e. The van der Waals surface area contributed by atoms with Gasteiger partial charge in [0.1, 0.15) is 0 Å². The minimum Gasteiger partial charge on any atom is -0.307 e. The third kappa shape index (κ3) is 3.58. The molecule has 0 aliphatic heterocycles. The summed E-state index contributed by atoms with van der Waals surface area (Å²) >= 11 is 0. The van der Waals surface area contributed by atoms with E-state index >= 15 is 0 Å². The highest BCUT2D eigenvalue weighted by Crippen LogP contribution is 2.29. The predicted octanol–water partition coefficient (Wildman–Crippen LogP) is 4.70. The van der Waals surface area contributed by atoms with Crippen LogP contribution in [0.3, 0.4) is 0 Å². The van der Waals surface area contributed by atoms with E-state index in [-0.39, 0.29) is 0 Å². The predicted molar refractivity (Wildman–Crippen MR) is 78.6 cm³/mol. The molecule has 1 nitrogen and oxygen atoms in total. The van der Waals surface area contributed by atoms with Gasteiger partial charge < -0.3 is 5.32 Å². The second kappa shape index (κ2) is 6.94. The Balaban J connectivity index is 2.00. The second-order valence-electron chi connectivity index (χ2n) is 5.79. The molecule has 0 heterocycles. The monoisotopic (exact) mass is 245 g/mol. The first-order chi connectivity index (χ1) is 8.81. The average molecular weight is 245 g/mol. The lowest BCUT2D eigenvalue weighted by Crippen LogP contribution is -2.34. The van der Waals surface area contributed by atoms with Crippen LogP contribution in [0.2, 0.25) is 0 Å². The molecule has 1 N–H and O–H groups in total. The Bertz CT molecular complexity index is 333. The Labute approximate surface area is 112 Å². The first-order valence-corrected chi connectivity index (χ1v) is 7.62. The molecule has 0 amide bonds. The van der Waals surface area contributed by atoms with Crippen LogP contribution in [0.5, 0.6) is 0 Å². The molecular formula is C17H27N. The molecule has 2 rings (SSSR count). The van der Waals surface area contributed by atoms with Crippen LogP contribution in [0, 0.1) is 5.92 Å². The summed E-state index contributed by atoms with van der Waals surface area (Å²) in [6.45, 7) is 4.67. The van der Waals surface area contributed by atoms with Gasteiger partial charge in [-0.25, -0.2) is 0 Å². The van der Waals surface area contributed by atoms with E-state index in [1.54, 1.807) is 0 Å². The van der Waals surface area contributed by atoms with Crippen LogP contribution in [0.25, 0.3) is 0 Å². The average Bonchev–Trinajstić information content (AvgIpc) is 2.81. The van der Waals surface area contributed by atoms with E-state index in [1.165, 1.54) is 44.1 Å². The van der Waals surface area contributed by atoms with Gasteiger partial charge in [0.05, 0.1) is 0 Å². The fraction of sp³-hybridized carbons (Fsp3) is 0.647. The van der Waals surface area contributed by atoms with Crippen molar-refractivity contribution >= 4 is 0 Å². The number of unbranched alkanes of at least 4 members (excludes halogenated alkanes) is 1. The molecule has 1 aromatic rings. The third-order valence-corrected chi connectivity index (χ3v) is 4.33. The van der Waals surface area contributed by atoms with Gasteiger partial charge in [0, 0.05) is 12.1 Å². The summed E-state index contributed by atoms with van der Waals surface area (Å²) in [7, 11) is 0. The van der Waals surface area contributed by atoms with Gasteiger partial charge >= 0.3 is 0 Å². The van der Waals surface area contributed by atoms with E-state index in [2.05, 4.69) is 49.5 Å². The summed E-state index contributed by atoms with van der Waals surface area (Å²) < 4.78 is 0. The van der Waals surface area contributed by atoms with Crippen LogP contribution in [-0.2, 0) is 0 Å². The van der Waals surface area contributed by atoms with Crippen molar-refractivity contribution in [2.75, 3.05) is 0 Å². The zero-order chi connectivity index (χ0) is 12.8. The Morgan fingerprint density at radius 3 is 2.61 bits per heavy atom. The Morgan fingerprint density at radius 1 is 1.22 bits per heavy atom. The highest BCUT2D eigenvalue weighted by atomic mass is 15.0.